The molecule has 0 saturated carbocycles. The van der Waals surface area contributed by atoms with E-state index in [-0.39, 0.29) is 25.2 Å². The van der Waals surface area contributed by atoms with Crippen molar-refractivity contribution in [3.05, 3.63) is 12.7 Å². The van der Waals surface area contributed by atoms with E-state index in [1.54, 1.807) is 4.90 Å². The Labute approximate surface area is 107 Å². The molecule has 0 radical (unpaired) electrons. The molecule has 0 spiro atoms. The second-order valence-electron chi connectivity index (χ2n) is 4.34. The van der Waals surface area contributed by atoms with Crippen LogP contribution in [0.2, 0.25) is 0 Å². The summed E-state index contributed by atoms with van der Waals surface area (Å²) in [5, 5.41) is 8.73. The number of carbonyl (C=O) groups excluding carboxylic acids is 1. The summed E-state index contributed by atoms with van der Waals surface area (Å²) in [5.41, 5.74) is 0. The number of ether oxygens (including phenoxy) is 1. The van der Waals surface area contributed by atoms with Gasteiger partial charge in [-0.2, -0.15) is 0 Å². The number of rotatable bonds is 5. The predicted octanol–water partition coefficient (Wildman–Crippen LogP) is 0.790. The lowest BCUT2D eigenvalue weighted by molar-refractivity contribution is -0.138. The highest BCUT2D eigenvalue weighted by Crippen LogP contribution is 2.10. The summed E-state index contributed by atoms with van der Waals surface area (Å²) in [6, 6.07) is -0.00570. The third kappa shape index (κ3) is 4.37. The quantitative estimate of drug-likeness (QED) is 0.736. The van der Waals surface area contributed by atoms with Crippen molar-refractivity contribution in [2.24, 2.45) is 0 Å². The summed E-state index contributed by atoms with van der Waals surface area (Å²) in [6.07, 6.45) is 1.32. The van der Waals surface area contributed by atoms with Crippen LogP contribution in [0.3, 0.4) is 0 Å². The lowest BCUT2D eigenvalue weighted by Gasteiger charge is -2.37. The van der Waals surface area contributed by atoms with Gasteiger partial charge in [-0.25, -0.2) is 4.79 Å². The Balaban J connectivity index is 2.33. The van der Waals surface area contributed by atoms with Crippen molar-refractivity contribution >= 4 is 12.1 Å². The average molecular weight is 256 g/mol. The number of carboxylic acid groups (broad SMARTS) is 1. The fourth-order valence-electron chi connectivity index (χ4n) is 1.95. The van der Waals surface area contributed by atoms with Crippen LogP contribution in [-0.2, 0) is 9.53 Å². The van der Waals surface area contributed by atoms with Crippen molar-refractivity contribution in [1.29, 1.82) is 0 Å². The van der Waals surface area contributed by atoms with Gasteiger partial charge in [-0.05, 0) is 6.92 Å². The van der Waals surface area contributed by atoms with Crippen LogP contribution in [0.5, 0.6) is 0 Å². The topological polar surface area (TPSA) is 70.1 Å². The lowest BCUT2D eigenvalue weighted by Crippen LogP contribution is -2.51. The molecule has 0 bridgehead atoms. The number of hydrogen-bond donors (Lipinski definition) is 1. The normalized spacial score (nSPS) is 18.2. The van der Waals surface area contributed by atoms with Crippen LogP contribution in [0.4, 0.5) is 4.79 Å². The van der Waals surface area contributed by atoms with Crippen molar-refractivity contribution in [1.82, 2.24) is 9.80 Å². The summed E-state index contributed by atoms with van der Waals surface area (Å²) in [7, 11) is 0. The first-order valence-electron chi connectivity index (χ1n) is 6.03. The highest BCUT2D eigenvalue weighted by molar-refractivity contribution is 5.68. The Morgan fingerprint density at radius 2 is 2.00 bits per heavy atom. The van der Waals surface area contributed by atoms with Crippen LogP contribution in [0.1, 0.15) is 13.3 Å². The van der Waals surface area contributed by atoms with Crippen LogP contribution in [0.25, 0.3) is 0 Å². The second-order valence-corrected chi connectivity index (χ2v) is 4.34. The Morgan fingerprint density at radius 1 is 1.39 bits per heavy atom. The van der Waals surface area contributed by atoms with E-state index in [2.05, 4.69) is 11.5 Å². The van der Waals surface area contributed by atoms with Crippen molar-refractivity contribution < 1.29 is 19.4 Å². The Kier molecular flexibility index (Phi) is 5.64. The maximum absolute atomic E-state index is 11.6. The van der Waals surface area contributed by atoms with Crippen LogP contribution in [0, 0.1) is 0 Å². The standard InChI is InChI=1S/C12H20N2O4/c1-3-8-18-12(17)14-6-4-13(5-7-14)10(2)9-11(15)16/h3,10H,1,4-9H2,2H3,(H,15,16). The number of nitrogens with zero attached hydrogens (tertiary/aromatic N) is 2. The number of hydrogen-bond acceptors (Lipinski definition) is 4. The van der Waals surface area contributed by atoms with E-state index in [4.69, 9.17) is 9.84 Å². The molecule has 0 aromatic carbocycles. The summed E-state index contributed by atoms with van der Waals surface area (Å²) in [4.78, 5) is 25.9. The third-order valence-corrected chi connectivity index (χ3v) is 2.99. The minimum Gasteiger partial charge on any atom is -0.481 e. The monoisotopic (exact) mass is 256 g/mol. The molecular formula is C12H20N2O4. The fraction of sp³-hybridized carbons (Fsp3) is 0.667. The molecule has 1 unspecified atom stereocenters. The summed E-state index contributed by atoms with van der Waals surface area (Å²) in [6.45, 7) is 8.08. The largest absolute Gasteiger partial charge is 0.481 e. The second kappa shape index (κ2) is 7.00. The van der Waals surface area contributed by atoms with Crippen molar-refractivity contribution in [3.8, 4) is 0 Å². The van der Waals surface area contributed by atoms with E-state index in [0.29, 0.717) is 26.2 Å². The number of carboxylic acids is 1. The molecule has 0 aromatic heterocycles. The Bertz CT molecular complexity index is 311. The van der Waals surface area contributed by atoms with Gasteiger partial charge in [0.2, 0.25) is 0 Å². The Hall–Kier alpha value is -1.56. The van der Waals surface area contributed by atoms with Gasteiger partial charge in [0.05, 0.1) is 6.42 Å². The van der Waals surface area contributed by atoms with Crippen LogP contribution >= 0.6 is 0 Å². The fourth-order valence-corrected chi connectivity index (χ4v) is 1.95. The summed E-state index contributed by atoms with van der Waals surface area (Å²) < 4.78 is 4.95. The first-order valence-corrected chi connectivity index (χ1v) is 6.03. The first-order chi connectivity index (χ1) is 8.54. The molecule has 1 N–H and O–H groups in total. The number of piperazine rings is 1. The molecule has 1 amide bonds. The molecule has 6 heteroatoms. The van der Waals surface area contributed by atoms with E-state index < -0.39 is 5.97 Å². The zero-order valence-electron chi connectivity index (χ0n) is 10.7. The van der Waals surface area contributed by atoms with Crippen LogP contribution in [0.15, 0.2) is 12.7 Å². The van der Waals surface area contributed by atoms with Gasteiger partial charge >= 0.3 is 12.1 Å². The maximum atomic E-state index is 11.6. The van der Waals surface area contributed by atoms with Gasteiger partial charge in [0.1, 0.15) is 6.61 Å². The summed E-state index contributed by atoms with van der Waals surface area (Å²) >= 11 is 0. The Morgan fingerprint density at radius 3 is 2.50 bits per heavy atom. The maximum Gasteiger partial charge on any atom is 0.410 e. The van der Waals surface area contributed by atoms with Gasteiger partial charge in [-0.15, -0.1) is 0 Å². The van der Waals surface area contributed by atoms with Gasteiger partial charge in [0.25, 0.3) is 0 Å². The highest BCUT2D eigenvalue weighted by Gasteiger charge is 2.25. The van der Waals surface area contributed by atoms with E-state index in [1.807, 2.05) is 6.92 Å². The van der Waals surface area contributed by atoms with Gasteiger partial charge in [-0.1, -0.05) is 12.7 Å². The molecule has 102 valence electrons. The third-order valence-electron chi connectivity index (χ3n) is 2.99. The average Bonchev–Trinajstić information content (AvgIpc) is 2.35. The van der Waals surface area contributed by atoms with Gasteiger partial charge in [-0.3, -0.25) is 9.69 Å². The van der Waals surface area contributed by atoms with E-state index in [0.717, 1.165) is 0 Å². The number of aliphatic carboxylic acids is 1. The van der Waals surface area contributed by atoms with Crippen molar-refractivity contribution in [3.63, 3.8) is 0 Å². The smallest absolute Gasteiger partial charge is 0.410 e. The van der Waals surface area contributed by atoms with Crippen molar-refractivity contribution in [2.75, 3.05) is 32.8 Å². The zero-order chi connectivity index (χ0) is 13.5. The van der Waals surface area contributed by atoms with Crippen LogP contribution in [-0.4, -0.2) is 65.8 Å². The minimum atomic E-state index is -0.796. The van der Waals surface area contributed by atoms with Gasteiger partial charge in [0.15, 0.2) is 0 Å². The SMILES string of the molecule is C=CCOC(=O)N1CCN(C(C)CC(=O)O)CC1. The van der Waals surface area contributed by atoms with Gasteiger partial charge < -0.3 is 14.7 Å². The highest BCUT2D eigenvalue weighted by atomic mass is 16.6. The van der Waals surface area contributed by atoms with Crippen LogP contribution < -0.4 is 0 Å². The molecule has 0 aliphatic carbocycles. The molecule has 6 nitrogen and oxygen atoms in total. The molecule has 1 saturated heterocycles. The molecule has 1 rings (SSSR count). The molecule has 18 heavy (non-hydrogen) atoms. The lowest BCUT2D eigenvalue weighted by atomic mass is 10.2. The van der Waals surface area contributed by atoms with E-state index >= 15 is 0 Å². The van der Waals surface area contributed by atoms with Gasteiger partial charge in [0, 0.05) is 32.2 Å². The van der Waals surface area contributed by atoms with E-state index in [1.165, 1.54) is 6.08 Å². The molecule has 1 atom stereocenters. The summed E-state index contributed by atoms with van der Waals surface area (Å²) in [5.74, 6) is -0.796. The molecule has 1 aliphatic heterocycles. The molecule has 1 aliphatic rings. The first kappa shape index (κ1) is 14.5. The van der Waals surface area contributed by atoms with Crippen molar-refractivity contribution in [2.45, 2.75) is 19.4 Å². The molecular weight excluding hydrogens is 236 g/mol. The number of carbonyl (C=O) groups is 2. The predicted molar refractivity (Wildman–Crippen MR) is 66.4 cm³/mol. The molecule has 1 heterocycles. The number of amides is 1. The molecule has 1 fully saturated rings. The van der Waals surface area contributed by atoms with E-state index in [9.17, 15) is 9.59 Å². The molecule has 0 aromatic rings. The zero-order valence-corrected chi connectivity index (χ0v) is 10.7. The minimum absolute atomic E-state index is 0.00570.